The van der Waals surface area contributed by atoms with Crippen LogP contribution in [0.4, 0.5) is 5.69 Å². The normalized spacial score (nSPS) is 23.6. The van der Waals surface area contributed by atoms with Gasteiger partial charge in [-0.05, 0) is 29.3 Å². The molecule has 36 heavy (non-hydrogen) atoms. The van der Waals surface area contributed by atoms with Crippen molar-refractivity contribution < 1.29 is 14.4 Å². The molecule has 0 bridgehead atoms. The van der Waals surface area contributed by atoms with Gasteiger partial charge in [-0.3, -0.25) is 14.4 Å². The van der Waals surface area contributed by atoms with Crippen LogP contribution in [0.3, 0.4) is 0 Å². The largest absolute Gasteiger partial charge is 0.352 e. The van der Waals surface area contributed by atoms with Crippen molar-refractivity contribution >= 4 is 45.0 Å². The molecule has 180 valence electrons. The van der Waals surface area contributed by atoms with Gasteiger partial charge in [0.15, 0.2) is 17.3 Å². The minimum absolute atomic E-state index is 0.0129. The molecule has 2 aliphatic heterocycles. The summed E-state index contributed by atoms with van der Waals surface area (Å²) in [6.07, 6.45) is 3.95. The molecule has 0 radical (unpaired) electrons. The first-order chi connectivity index (χ1) is 17.2. The molecule has 0 aromatic heterocycles. The molecule has 0 saturated carbocycles. The maximum absolute atomic E-state index is 14.5. The summed E-state index contributed by atoms with van der Waals surface area (Å²) < 4.78 is 0.928. The third kappa shape index (κ3) is 2.95. The fourth-order valence-corrected chi connectivity index (χ4v) is 6.80. The fourth-order valence-electron chi connectivity index (χ4n) is 6.42. The number of hydrogen-bond acceptors (Lipinski definition) is 4. The Labute approximate surface area is 219 Å². The van der Waals surface area contributed by atoms with Gasteiger partial charge in [0.2, 0.25) is 0 Å². The highest BCUT2D eigenvalue weighted by Gasteiger charge is 2.71. The number of Topliss-reactive ketones (excluding diaryl/α,β-unsaturated/α-hetero) is 3. The average molecular weight is 540 g/mol. The van der Waals surface area contributed by atoms with Crippen molar-refractivity contribution in [2.24, 2.45) is 10.8 Å². The standard InChI is InChI=1S/C31H26BrNO3/c1-30(2,3)29(36)26-25(18-9-5-4-6-10-18)31(27(34)21-11-7-8-12-22(21)28(31)35)24-16-13-19-17-20(32)14-15-23(19)33(24)26/h4-17,24-26H,1-3H3/t24-,25-,26+/m0/s1. The summed E-state index contributed by atoms with van der Waals surface area (Å²) in [7, 11) is 0. The number of carbonyl (C=O) groups excluding carboxylic acids is 3. The van der Waals surface area contributed by atoms with E-state index in [0.29, 0.717) is 11.1 Å². The summed E-state index contributed by atoms with van der Waals surface area (Å²) in [4.78, 5) is 45.3. The van der Waals surface area contributed by atoms with Gasteiger partial charge in [0.1, 0.15) is 5.41 Å². The van der Waals surface area contributed by atoms with E-state index >= 15 is 0 Å². The Morgan fingerprint density at radius 2 is 1.50 bits per heavy atom. The van der Waals surface area contributed by atoms with Crippen LogP contribution in [0, 0.1) is 10.8 Å². The van der Waals surface area contributed by atoms with E-state index in [9.17, 15) is 14.4 Å². The number of hydrogen-bond donors (Lipinski definition) is 0. The van der Waals surface area contributed by atoms with Crippen LogP contribution in [0.1, 0.15) is 58.5 Å². The first kappa shape index (κ1) is 23.1. The van der Waals surface area contributed by atoms with Crippen LogP contribution in [-0.2, 0) is 4.79 Å². The molecule has 4 nitrogen and oxygen atoms in total. The molecule has 1 aliphatic carbocycles. The topological polar surface area (TPSA) is 54.5 Å². The second kappa shape index (κ2) is 7.84. The summed E-state index contributed by atoms with van der Waals surface area (Å²) in [5, 5.41) is 0. The lowest BCUT2D eigenvalue weighted by atomic mass is 9.63. The Balaban J connectivity index is 1.70. The van der Waals surface area contributed by atoms with Gasteiger partial charge in [0.05, 0.1) is 12.1 Å². The fraction of sp³-hybridized carbons (Fsp3) is 0.258. The van der Waals surface area contributed by atoms with E-state index in [1.54, 1.807) is 24.3 Å². The number of rotatable bonds is 2. The molecule has 3 aromatic carbocycles. The highest BCUT2D eigenvalue weighted by molar-refractivity contribution is 9.10. The summed E-state index contributed by atoms with van der Waals surface area (Å²) in [6, 6.07) is 21.4. The summed E-state index contributed by atoms with van der Waals surface area (Å²) in [6.45, 7) is 5.73. The molecule has 2 heterocycles. The number of ketones is 3. The van der Waals surface area contributed by atoms with Crippen molar-refractivity contribution in [1.29, 1.82) is 0 Å². The second-order valence-electron chi connectivity index (χ2n) is 10.9. The van der Waals surface area contributed by atoms with Crippen molar-refractivity contribution in [3.63, 3.8) is 0 Å². The summed E-state index contributed by atoms with van der Waals surface area (Å²) in [5.41, 5.74) is 1.43. The Bertz CT molecular complexity index is 1430. The molecule has 0 N–H and O–H groups in total. The van der Waals surface area contributed by atoms with E-state index in [0.717, 1.165) is 21.3 Å². The molecule has 1 saturated heterocycles. The minimum Gasteiger partial charge on any atom is -0.352 e. The molecule has 6 rings (SSSR count). The van der Waals surface area contributed by atoms with Crippen molar-refractivity contribution in [3.05, 3.63) is 106 Å². The van der Waals surface area contributed by atoms with Crippen LogP contribution in [0.25, 0.3) is 6.08 Å². The maximum Gasteiger partial charge on any atom is 0.180 e. The van der Waals surface area contributed by atoms with Crippen LogP contribution in [0.2, 0.25) is 0 Å². The highest BCUT2D eigenvalue weighted by Crippen LogP contribution is 2.61. The minimum atomic E-state index is -1.43. The average Bonchev–Trinajstić information content (AvgIpc) is 3.29. The lowest BCUT2D eigenvalue weighted by Gasteiger charge is -2.38. The quantitative estimate of drug-likeness (QED) is 0.349. The lowest BCUT2D eigenvalue weighted by Crippen LogP contribution is -2.49. The first-order valence-corrected chi connectivity index (χ1v) is 13.0. The monoisotopic (exact) mass is 539 g/mol. The predicted octanol–water partition coefficient (Wildman–Crippen LogP) is 6.50. The van der Waals surface area contributed by atoms with Crippen molar-refractivity contribution in [3.8, 4) is 0 Å². The third-order valence-corrected chi connectivity index (χ3v) is 8.43. The van der Waals surface area contributed by atoms with E-state index in [1.807, 2.05) is 81.5 Å². The Morgan fingerprint density at radius 3 is 2.11 bits per heavy atom. The van der Waals surface area contributed by atoms with E-state index in [4.69, 9.17) is 0 Å². The number of benzene rings is 3. The lowest BCUT2D eigenvalue weighted by molar-refractivity contribution is -0.127. The van der Waals surface area contributed by atoms with Gasteiger partial charge in [-0.25, -0.2) is 0 Å². The summed E-state index contributed by atoms with van der Waals surface area (Å²) >= 11 is 3.56. The first-order valence-electron chi connectivity index (χ1n) is 12.2. The van der Waals surface area contributed by atoms with Crippen molar-refractivity contribution in [2.45, 2.75) is 38.8 Å². The van der Waals surface area contributed by atoms with E-state index in [2.05, 4.69) is 20.8 Å². The Morgan fingerprint density at radius 1 is 0.889 bits per heavy atom. The van der Waals surface area contributed by atoms with Gasteiger partial charge in [0, 0.05) is 32.6 Å². The number of fused-ring (bicyclic) bond motifs is 5. The number of carbonyl (C=O) groups is 3. The number of nitrogens with zero attached hydrogens (tertiary/aromatic N) is 1. The van der Waals surface area contributed by atoms with Gasteiger partial charge < -0.3 is 4.90 Å². The molecular formula is C31H26BrNO3. The van der Waals surface area contributed by atoms with Crippen LogP contribution in [-0.4, -0.2) is 29.4 Å². The molecule has 3 aliphatic rings. The Hall–Kier alpha value is -3.31. The molecule has 1 fully saturated rings. The zero-order chi connectivity index (χ0) is 25.4. The second-order valence-corrected chi connectivity index (χ2v) is 11.9. The SMILES string of the molecule is CC(C)(C)C(=O)[C@H]1[C@H](c2ccccc2)C2(C(=O)c3ccccc3C2=O)[C@@H]2C=Cc3cc(Br)ccc3N21. The Kier molecular flexibility index (Phi) is 5.03. The van der Waals surface area contributed by atoms with Crippen molar-refractivity contribution in [1.82, 2.24) is 0 Å². The maximum atomic E-state index is 14.5. The number of halogens is 1. The molecule has 0 unspecified atom stereocenters. The highest BCUT2D eigenvalue weighted by atomic mass is 79.9. The molecule has 0 amide bonds. The molecule has 3 aromatic rings. The predicted molar refractivity (Wildman–Crippen MR) is 144 cm³/mol. The van der Waals surface area contributed by atoms with Gasteiger partial charge in [-0.15, -0.1) is 0 Å². The zero-order valence-electron chi connectivity index (χ0n) is 20.4. The van der Waals surface area contributed by atoms with Gasteiger partial charge in [-0.1, -0.05) is 103 Å². The molecule has 3 atom stereocenters. The van der Waals surface area contributed by atoms with E-state index in [-0.39, 0.29) is 17.3 Å². The van der Waals surface area contributed by atoms with Gasteiger partial charge in [-0.2, -0.15) is 0 Å². The zero-order valence-corrected chi connectivity index (χ0v) is 22.0. The van der Waals surface area contributed by atoms with E-state index in [1.165, 1.54) is 0 Å². The van der Waals surface area contributed by atoms with Crippen molar-refractivity contribution in [2.75, 3.05) is 4.90 Å². The smallest absolute Gasteiger partial charge is 0.180 e. The molecule has 1 spiro atoms. The van der Waals surface area contributed by atoms with Gasteiger partial charge in [0.25, 0.3) is 0 Å². The van der Waals surface area contributed by atoms with Crippen LogP contribution in [0.5, 0.6) is 0 Å². The third-order valence-electron chi connectivity index (χ3n) is 7.93. The van der Waals surface area contributed by atoms with E-state index < -0.39 is 28.8 Å². The summed E-state index contributed by atoms with van der Waals surface area (Å²) in [5.74, 6) is -1.01. The molecule has 5 heteroatoms. The van der Waals surface area contributed by atoms with Crippen LogP contribution >= 0.6 is 15.9 Å². The molecular weight excluding hydrogens is 514 g/mol. The van der Waals surface area contributed by atoms with Crippen LogP contribution in [0.15, 0.2) is 83.3 Å². The number of anilines is 1. The van der Waals surface area contributed by atoms with Crippen LogP contribution < -0.4 is 4.90 Å². The van der Waals surface area contributed by atoms with Gasteiger partial charge >= 0.3 is 0 Å².